The highest BCUT2D eigenvalue weighted by Gasteiger charge is 2.18. The lowest BCUT2D eigenvalue weighted by Crippen LogP contribution is -2.30. The Morgan fingerprint density at radius 2 is 1.91 bits per heavy atom. The van der Waals surface area contributed by atoms with Gasteiger partial charge in [0.1, 0.15) is 10.8 Å². The van der Waals surface area contributed by atoms with E-state index in [2.05, 4.69) is 5.32 Å². The second-order valence-electron chi connectivity index (χ2n) is 4.99. The van der Waals surface area contributed by atoms with Crippen LogP contribution in [-0.2, 0) is 4.79 Å². The number of nitrogens with one attached hydrogen (secondary N) is 1. The minimum Gasteiger partial charge on any atom is -0.481 e. The molecule has 0 aliphatic heterocycles. The maximum absolute atomic E-state index is 12.1. The highest BCUT2D eigenvalue weighted by molar-refractivity contribution is 6.32. The third-order valence-electron chi connectivity index (χ3n) is 3.11. The summed E-state index contributed by atoms with van der Waals surface area (Å²) in [6, 6.07) is 11.4. The molecule has 0 aromatic heterocycles. The molecule has 0 saturated heterocycles. The van der Waals surface area contributed by atoms with E-state index >= 15 is 0 Å². The van der Waals surface area contributed by atoms with E-state index in [1.807, 2.05) is 19.1 Å². The van der Waals surface area contributed by atoms with Gasteiger partial charge in [0.2, 0.25) is 0 Å². The van der Waals surface area contributed by atoms with E-state index in [0.717, 1.165) is 5.56 Å². The van der Waals surface area contributed by atoms with Crippen LogP contribution in [0.1, 0.15) is 12.5 Å². The van der Waals surface area contributed by atoms with Crippen LogP contribution < -0.4 is 10.1 Å². The standard InChI is InChI=1S/C16H15ClN2O4/c1-10-3-6-13(7-4-10)23-11(2)16(20)18-12-5-8-14(17)15(9-12)19(21)22/h3-9,11H,1-2H3,(H,18,20). The molecule has 1 unspecified atom stereocenters. The van der Waals surface area contributed by atoms with Gasteiger partial charge in [-0.1, -0.05) is 29.3 Å². The molecule has 23 heavy (non-hydrogen) atoms. The van der Waals surface area contributed by atoms with Crippen molar-refractivity contribution in [1.82, 2.24) is 0 Å². The zero-order valence-corrected chi connectivity index (χ0v) is 13.3. The first kappa shape index (κ1) is 16.8. The van der Waals surface area contributed by atoms with Crippen LogP contribution in [0.2, 0.25) is 5.02 Å². The lowest BCUT2D eigenvalue weighted by atomic mass is 10.2. The largest absolute Gasteiger partial charge is 0.481 e. The molecule has 0 bridgehead atoms. The number of carbonyl (C=O) groups excluding carboxylic acids is 1. The van der Waals surface area contributed by atoms with Gasteiger partial charge in [-0.15, -0.1) is 0 Å². The summed E-state index contributed by atoms with van der Waals surface area (Å²) in [7, 11) is 0. The predicted octanol–water partition coefficient (Wildman–Crippen LogP) is 3.96. The summed E-state index contributed by atoms with van der Waals surface area (Å²) < 4.78 is 5.53. The van der Waals surface area contributed by atoms with Gasteiger partial charge < -0.3 is 10.1 Å². The van der Waals surface area contributed by atoms with Crippen LogP contribution in [0.4, 0.5) is 11.4 Å². The van der Waals surface area contributed by atoms with E-state index in [-0.39, 0.29) is 16.4 Å². The molecule has 0 saturated carbocycles. The number of nitrogens with zero attached hydrogens (tertiary/aromatic N) is 1. The Morgan fingerprint density at radius 1 is 1.26 bits per heavy atom. The summed E-state index contributed by atoms with van der Waals surface area (Å²) in [4.78, 5) is 22.3. The number of halogens is 1. The lowest BCUT2D eigenvalue weighted by molar-refractivity contribution is -0.384. The molecule has 2 rings (SSSR count). The molecule has 2 aromatic rings. The molecule has 2 aromatic carbocycles. The summed E-state index contributed by atoms with van der Waals surface area (Å²) in [6.07, 6.45) is -0.757. The van der Waals surface area contributed by atoms with Crippen molar-refractivity contribution < 1.29 is 14.5 Å². The number of carbonyl (C=O) groups is 1. The van der Waals surface area contributed by atoms with Crippen molar-refractivity contribution in [1.29, 1.82) is 0 Å². The van der Waals surface area contributed by atoms with Crippen molar-refractivity contribution in [2.24, 2.45) is 0 Å². The maximum Gasteiger partial charge on any atom is 0.289 e. The Morgan fingerprint density at radius 3 is 2.52 bits per heavy atom. The van der Waals surface area contributed by atoms with Crippen molar-refractivity contribution in [3.8, 4) is 5.75 Å². The average Bonchev–Trinajstić information content (AvgIpc) is 2.51. The molecule has 0 spiro atoms. The quantitative estimate of drug-likeness (QED) is 0.662. The fourth-order valence-corrected chi connectivity index (χ4v) is 2.04. The molecule has 7 heteroatoms. The fraction of sp³-hybridized carbons (Fsp3) is 0.188. The molecule has 1 N–H and O–H groups in total. The molecule has 0 heterocycles. The first-order valence-corrected chi connectivity index (χ1v) is 7.23. The highest BCUT2D eigenvalue weighted by Crippen LogP contribution is 2.27. The number of rotatable bonds is 5. The molecule has 0 radical (unpaired) electrons. The second kappa shape index (κ2) is 7.11. The van der Waals surface area contributed by atoms with Gasteiger partial charge >= 0.3 is 0 Å². The highest BCUT2D eigenvalue weighted by atomic mass is 35.5. The van der Waals surface area contributed by atoms with Crippen molar-refractivity contribution in [2.75, 3.05) is 5.32 Å². The van der Waals surface area contributed by atoms with E-state index < -0.39 is 16.9 Å². The van der Waals surface area contributed by atoms with Crippen molar-refractivity contribution in [2.45, 2.75) is 20.0 Å². The van der Waals surface area contributed by atoms with Crippen molar-refractivity contribution in [3.63, 3.8) is 0 Å². The third kappa shape index (κ3) is 4.43. The number of amides is 1. The van der Waals surface area contributed by atoms with Crippen LogP contribution in [0.3, 0.4) is 0 Å². The van der Waals surface area contributed by atoms with Crippen LogP contribution in [0, 0.1) is 17.0 Å². The first-order valence-electron chi connectivity index (χ1n) is 6.85. The summed E-state index contributed by atoms with van der Waals surface area (Å²) in [5.74, 6) is 0.155. The second-order valence-corrected chi connectivity index (χ2v) is 5.39. The SMILES string of the molecule is Cc1ccc(OC(C)C(=O)Nc2ccc(Cl)c([N+](=O)[O-])c2)cc1. The predicted molar refractivity (Wildman–Crippen MR) is 88.0 cm³/mol. The Bertz CT molecular complexity index is 731. The summed E-state index contributed by atoms with van der Waals surface area (Å²) >= 11 is 5.73. The minimum atomic E-state index is -0.757. The van der Waals surface area contributed by atoms with Crippen LogP contribution in [-0.4, -0.2) is 16.9 Å². The molecule has 1 atom stereocenters. The van der Waals surface area contributed by atoms with Gasteiger partial charge in [0.15, 0.2) is 6.10 Å². The van der Waals surface area contributed by atoms with Gasteiger partial charge in [0.25, 0.3) is 11.6 Å². The number of hydrogen-bond acceptors (Lipinski definition) is 4. The van der Waals surface area contributed by atoms with Crippen molar-refractivity contribution in [3.05, 3.63) is 63.2 Å². The monoisotopic (exact) mass is 334 g/mol. The molecular weight excluding hydrogens is 320 g/mol. The maximum atomic E-state index is 12.1. The molecule has 1 amide bonds. The van der Waals surface area contributed by atoms with Crippen molar-refractivity contribution >= 4 is 28.9 Å². The summed E-state index contributed by atoms with van der Waals surface area (Å²) in [5, 5.41) is 13.4. The smallest absolute Gasteiger partial charge is 0.289 e. The van der Waals surface area contributed by atoms with E-state index in [1.54, 1.807) is 19.1 Å². The van der Waals surface area contributed by atoms with E-state index in [4.69, 9.17) is 16.3 Å². The minimum absolute atomic E-state index is 0.0111. The van der Waals surface area contributed by atoms with Gasteiger partial charge in [-0.3, -0.25) is 14.9 Å². The van der Waals surface area contributed by atoms with Gasteiger partial charge in [-0.25, -0.2) is 0 Å². The number of ether oxygens (including phenoxy) is 1. The number of hydrogen-bond donors (Lipinski definition) is 1. The van der Waals surface area contributed by atoms with Crippen LogP contribution in [0.15, 0.2) is 42.5 Å². The first-order chi connectivity index (χ1) is 10.9. The number of nitro benzene ring substituents is 1. The van der Waals surface area contributed by atoms with E-state index in [9.17, 15) is 14.9 Å². The topological polar surface area (TPSA) is 81.5 Å². The summed E-state index contributed by atoms with van der Waals surface area (Å²) in [6.45, 7) is 3.55. The molecule has 6 nitrogen and oxygen atoms in total. The lowest BCUT2D eigenvalue weighted by Gasteiger charge is -2.15. The van der Waals surface area contributed by atoms with Crippen LogP contribution in [0.25, 0.3) is 0 Å². The van der Waals surface area contributed by atoms with E-state index in [0.29, 0.717) is 5.75 Å². The number of benzene rings is 2. The average molecular weight is 335 g/mol. The Kier molecular flexibility index (Phi) is 5.18. The zero-order valence-electron chi connectivity index (χ0n) is 12.6. The number of anilines is 1. The Hall–Kier alpha value is -2.60. The number of aryl methyl sites for hydroxylation is 1. The van der Waals surface area contributed by atoms with E-state index in [1.165, 1.54) is 18.2 Å². The molecule has 0 fully saturated rings. The Balaban J connectivity index is 2.04. The van der Waals surface area contributed by atoms with Crippen LogP contribution >= 0.6 is 11.6 Å². The summed E-state index contributed by atoms with van der Waals surface area (Å²) in [5.41, 5.74) is 1.10. The normalized spacial score (nSPS) is 11.6. The van der Waals surface area contributed by atoms with Gasteiger partial charge in [-0.05, 0) is 38.1 Å². The number of nitro groups is 1. The fourth-order valence-electron chi connectivity index (χ4n) is 1.85. The zero-order chi connectivity index (χ0) is 17.0. The van der Waals surface area contributed by atoms with Gasteiger partial charge in [0.05, 0.1) is 4.92 Å². The Labute approximate surface area is 138 Å². The molecule has 0 aliphatic carbocycles. The molecular formula is C16H15ClN2O4. The molecule has 0 aliphatic rings. The van der Waals surface area contributed by atoms with Crippen LogP contribution in [0.5, 0.6) is 5.75 Å². The molecule has 120 valence electrons. The van der Waals surface area contributed by atoms with Gasteiger partial charge in [0, 0.05) is 11.8 Å². The van der Waals surface area contributed by atoms with Gasteiger partial charge in [-0.2, -0.15) is 0 Å². The third-order valence-corrected chi connectivity index (χ3v) is 3.43.